The van der Waals surface area contributed by atoms with Gasteiger partial charge in [0.15, 0.2) is 16.6 Å². The molecule has 24 heavy (non-hydrogen) atoms. The van der Waals surface area contributed by atoms with Gasteiger partial charge in [-0.3, -0.25) is 0 Å². The fraction of sp³-hybridized carbons (Fsp3) is 0.211. The molecule has 0 saturated heterocycles. The first kappa shape index (κ1) is 17.8. The van der Waals surface area contributed by atoms with Gasteiger partial charge < -0.3 is 20.1 Å². The van der Waals surface area contributed by atoms with Gasteiger partial charge >= 0.3 is 0 Å². The smallest absolute Gasteiger partial charge is 0.166 e. The van der Waals surface area contributed by atoms with E-state index in [-0.39, 0.29) is 0 Å². The van der Waals surface area contributed by atoms with Crippen LogP contribution in [0.3, 0.4) is 0 Å². The lowest BCUT2D eigenvalue weighted by Gasteiger charge is -2.13. The molecule has 0 heterocycles. The summed E-state index contributed by atoms with van der Waals surface area (Å²) >= 11 is 5.18. The molecule has 0 aromatic heterocycles. The quantitative estimate of drug-likeness (QED) is 0.568. The van der Waals surface area contributed by atoms with Crippen LogP contribution in [-0.4, -0.2) is 18.8 Å². The van der Waals surface area contributed by atoms with Crippen molar-refractivity contribution in [3.05, 3.63) is 72.3 Å². The highest BCUT2D eigenvalue weighted by molar-refractivity contribution is 7.80. The zero-order valence-corrected chi connectivity index (χ0v) is 14.6. The van der Waals surface area contributed by atoms with Gasteiger partial charge in [0.1, 0.15) is 6.61 Å². The summed E-state index contributed by atoms with van der Waals surface area (Å²) in [4.78, 5) is 0. The molecule has 0 aliphatic rings. The van der Waals surface area contributed by atoms with Crippen molar-refractivity contribution in [2.75, 3.05) is 13.7 Å². The van der Waals surface area contributed by atoms with Crippen LogP contribution in [0.2, 0.25) is 0 Å². The average molecular weight is 342 g/mol. The Labute approximate surface area is 148 Å². The van der Waals surface area contributed by atoms with Crippen LogP contribution in [0, 0.1) is 0 Å². The predicted molar refractivity (Wildman–Crippen MR) is 101 cm³/mol. The van der Waals surface area contributed by atoms with Gasteiger partial charge in [0.25, 0.3) is 0 Å². The maximum absolute atomic E-state index is 5.85. The Morgan fingerprint density at radius 2 is 1.88 bits per heavy atom. The van der Waals surface area contributed by atoms with Crippen LogP contribution in [0.4, 0.5) is 0 Å². The van der Waals surface area contributed by atoms with E-state index in [0.29, 0.717) is 30.6 Å². The third-order valence-electron chi connectivity index (χ3n) is 3.33. The van der Waals surface area contributed by atoms with E-state index in [2.05, 4.69) is 17.2 Å². The lowest BCUT2D eigenvalue weighted by atomic mass is 10.2. The molecule has 2 aromatic carbocycles. The van der Waals surface area contributed by atoms with E-state index in [9.17, 15) is 0 Å². The number of hydrogen-bond acceptors (Lipinski definition) is 3. The summed E-state index contributed by atoms with van der Waals surface area (Å²) in [5.41, 5.74) is 2.17. The minimum absolute atomic E-state index is 0.504. The molecule has 0 saturated carbocycles. The van der Waals surface area contributed by atoms with E-state index in [1.165, 1.54) is 0 Å². The molecule has 0 spiro atoms. The normalized spacial score (nSPS) is 9.88. The van der Waals surface area contributed by atoms with Gasteiger partial charge in [-0.1, -0.05) is 42.5 Å². The first-order chi connectivity index (χ1) is 11.7. The minimum atomic E-state index is 0.504. The Bertz CT molecular complexity index is 674. The first-order valence-corrected chi connectivity index (χ1v) is 8.10. The molecule has 0 unspecified atom stereocenters. The maximum Gasteiger partial charge on any atom is 0.166 e. The molecule has 4 nitrogen and oxygen atoms in total. The monoisotopic (exact) mass is 342 g/mol. The van der Waals surface area contributed by atoms with Crippen LogP contribution in [0.5, 0.6) is 11.5 Å². The summed E-state index contributed by atoms with van der Waals surface area (Å²) < 4.78 is 11.3. The van der Waals surface area contributed by atoms with E-state index >= 15 is 0 Å². The molecule has 2 rings (SSSR count). The second-order valence-electron chi connectivity index (χ2n) is 5.11. The number of thiocarbonyl (C=S) groups is 1. The van der Waals surface area contributed by atoms with Gasteiger partial charge in [0, 0.05) is 13.1 Å². The molecule has 2 aromatic rings. The lowest BCUT2D eigenvalue weighted by molar-refractivity contribution is 0.284. The van der Waals surface area contributed by atoms with Crippen LogP contribution in [0.15, 0.2) is 61.2 Å². The van der Waals surface area contributed by atoms with Crippen LogP contribution < -0.4 is 20.1 Å². The van der Waals surface area contributed by atoms with E-state index in [1.54, 1.807) is 13.2 Å². The van der Waals surface area contributed by atoms with Gasteiger partial charge in [-0.05, 0) is 35.5 Å². The minimum Gasteiger partial charge on any atom is -0.493 e. The molecular formula is C19H22N2O2S. The molecule has 0 fully saturated rings. The van der Waals surface area contributed by atoms with Gasteiger partial charge in [0.2, 0.25) is 0 Å². The summed E-state index contributed by atoms with van der Waals surface area (Å²) in [7, 11) is 1.64. The summed E-state index contributed by atoms with van der Waals surface area (Å²) in [6, 6.07) is 15.9. The summed E-state index contributed by atoms with van der Waals surface area (Å²) in [6.07, 6.45) is 1.76. The average Bonchev–Trinajstić information content (AvgIpc) is 2.64. The first-order valence-electron chi connectivity index (χ1n) is 7.69. The van der Waals surface area contributed by atoms with E-state index in [0.717, 1.165) is 16.9 Å². The van der Waals surface area contributed by atoms with Gasteiger partial charge in [-0.2, -0.15) is 0 Å². The predicted octanol–water partition coefficient (Wildman–Crippen LogP) is 3.42. The fourth-order valence-corrected chi connectivity index (χ4v) is 2.24. The molecule has 5 heteroatoms. The molecule has 0 radical (unpaired) electrons. The molecule has 2 N–H and O–H groups in total. The number of hydrogen-bond donors (Lipinski definition) is 2. The van der Waals surface area contributed by atoms with Crippen molar-refractivity contribution in [2.45, 2.75) is 13.2 Å². The SMILES string of the molecule is C=CCNC(=S)NCc1ccc(OCc2ccccc2)c(OC)c1. The highest BCUT2D eigenvalue weighted by atomic mass is 32.1. The van der Waals surface area contributed by atoms with E-state index in [1.807, 2.05) is 48.5 Å². The number of benzene rings is 2. The van der Waals surface area contributed by atoms with Gasteiger partial charge in [-0.15, -0.1) is 6.58 Å². The van der Waals surface area contributed by atoms with E-state index < -0.39 is 0 Å². The van der Waals surface area contributed by atoms with Crippen molar-refractivity contribution in [1.82, 2.24) is 10.6 Å². The summed E-state index contributed by atoms with van der Waals surface area (Å²) in [5, 5.41) is 6.76. The highest BCUT2D eigenvalue weighted by Crippen LogP contribution is 2.28. The van der Waals surface area contributed by atoms with Crippen LogP contribution in [-0.2, 0) is 13.2 Å². The summed E-state index contributed by atoms with van der Waals surface area (Å²) in [6.45, 7) is 5.40. The number of nitrogens with one attached hydrogen (secondary N) is 2. The van der Waals surface area contributed by atoms with Crippen molar-refractivity contribution >= 4 is 17.3 Å². The topological polar surface area (TPSA) is 42.5 Å². The highest BCUT2D eigenvalue weighted by Gasteiger charge is 2.06. The maximum atomic E-state index is 5.85. The van der Waals surface area contributed by atoms with Crippen molar-refractivity contribution in [2.24, 2.45) is 0 Å². The third kappa shape index (κ3) is 5.59. The number of methoxy groups -OCH3 is 1. The Balaban J connectivity index is 1.94. The van der Waals surface area contributed by atoms with Crippen LogP contribution in [0.25, 0.3) is 0 Å². The lowest BCUT2D eigenvalue weighted by Crippen LogP contribution is -2.34. The van der Waals surface area contributed by atoms with Crippen molar-refractivity contribution in [3.63, 3.8) is 0 Å². The summed E-state index contributed by atoms with van der Waals surface area (Å²) in [5.74, 6) is 1.42. The fourth-order valence-electron chi connectivity index (χ4n) is 2.09. The number of ether oxygens (including phenoxy) is 2. The standard InChI is InChI=1S/C19H22N2O2S/c1-3-11-20-19(24)21-13-16-9-10-17(18(12-16)22-2)23-14-15-7-5-4-6-8-15/h3-10,12H,1,11,13-14H2,2H3,(H2,20,21,24). The van der Waals surface area contributed by atoms with Crippen LogP contribution in [0.1, 0.15) is 11.1 Å². The number of rotatable bonds is 8. The zero-order chi connectivity index (χ0) is 17.2. The molecule has 0 aliphatic carbocycles. The second-order valence-corrected chi connectivity index (χ2v) is 5.52. The largest absolute Gasteiger partial charge is 0.493 e. The molecule has 0 atom stereocenters. The molecule has 126 valence electrons. The Morgan fingerprint density at radius 1 is 1.08 bits per heavy atom. The molecule has 0 aliphatic heterocycles. The second kappa shape index (κ2) is 9.57. The Hall–Kier alpha value is -2.53. The van der Waals surface area contributed by atoms with Crippen molar-refractivity contribution in [1.29, 1.82) is 0 Å². The van der Waals surface area contributed by atoms with Crippen molar-refractivity contribution in [3.8, 4) is 11.5 Å². The molecular weight excluding hydrogens is 320 g/mol. The Kier molecular flexibility index (Phi) is 7.11. The van der Waals surface area contributed by atoms with Gasteiger partial charge in [-0.25, -0.2) is 0 Å². The third-order valence-corrected chi connectivity index (χ3v) is 3.61. The molecule has 0 bridgehead atoms. The van der Waals surface area contributed by atoms with Crippen LogP contribution >= 0.6 is 12.2 Å². The Morgan fingerprint density at radius 3 is 2.58 bits per heavy atom. The van der Waals surface area contributed by atoms with Crippen molar-refractivity contribution < 1.29 is 9.47 Å². The zero-order valence-electron chi connectivity index (χ0n) is 13.7. The van der Waals surface area contributed by atoms with E-state index in [4.69, 9.17) is 21.7 Å². The molecule has 0 amide bonds. The van der Waals surface area contributed by atoms with Gasteiger partial charge in [0.05, 0.1) is 7.11 Å².